The molecule has 0 aliphatic carbocycles. The number of hydrogen-bond donors (Lipinski definition) is 0. The summed E-state index contributed by atoms with van der Waals surface area (Å²) in [6, 6.07) is 6.59. The van der Waals surface area contributed by atoms with E-state index in [0.717, 1.165) is 5.46 Å². The second kappa shape index (κ2) is 4.53. The van der Waals surface area contributed by atoms with Crippen molar-refractivity contribution >= 4 is 23.7 Å². The van der Waals surface area contributed by atoms with Crippen LogP contribution >= 0.6 is 0 Å². The third-order valence-electron chi connectivity index (χ3n) is 3.04. The van der Waals surface area contributed by atoms with Crippen molar-refractivity contribution in [1.82, 2.24) is 0 Å². The van der Waals surface area contributed by atoms with Crippen molar-refractivity contribution in [2.75, 3.05) is 0 Å². The zero-order valence-corrected chi connectivity index (χ0v) is 10.8. The number of rotatable bonds is 2. The Labute approximate surface area is 104 Å². The van der Waals surface area contributed by atoms with Crippen LogP contribution < -0.4 is 5.46 Å². The number of benzene rings is 1. The lowest BCUT2D eigenvalue weighted by Gasteiger charge is -2.21. The van der Waals surface area contributed by atoms with Gasteiger partial charge in [0.25, 0.3) is 0 Å². The van der Waals surface area contributed by atoms with Crippen LogP contribution in [-0.2, 0) is 20.4 Å². The molecule has 0 bridgehead atoms. The molecule has 17 heavy (non-hydrogen) atoms. The fourth-order valence-electron chi connectivity index (χ4n) is 1.66. The molecule has 2 rings (SSSR count). The van der Waals surface area contributed by atoms with Crippen molar-refractivity contribution in [3.8, 4) is 0 Å². The Morgan fingerprint density at radius 1 is 1.47 bits per heavy atom. The van der Waals surface area contributed by atoms with E-state index in [9.17, 15) is 8.76 Å². The largest absolute Gasteiger partial charge is 0.768 e. The van der Waals surface area contributed by atoms with Crippen molar-refractivity contribution in [3.63, 3.8) is 0 Å². The summed E-state index contributed by atoms with van der Waals surface area (Å²) in [5, 5.41) is 0. The molecule has 1 aliphatic rings. The summed E-state index contributed by atoms with van der Waals surface area (Å²) in [5.74, 6) is 0. The topological polar surface area (TPSA) is 58.6 Å². The van der Waals surface area contributed by atoms with E-state index in [-0.39, 0.29) is 16.6 Å². The molecule has 92 valence electrons. The van der Waals surface area contributed by atoms with E-state index in [1.807, 2.05) is 20.8 Å². The smallest absolute Gasteiger partial charge is 0.494 e. The molecule has 2 atom stereocenters. The molecule has 0 saturated carbocycles. The lowest BCUT2D eigenvalue weighted by molar-refractivity contribution is 0.0842. The summed E-state index contributed by atoms with van der Waals surface area (Å²) in [6.45, 7) is 5.84. The van der Waals surface area contributed by atoms with Gasteiger partial charge in [0, 0.05) is 4.90 Å². The van der Waals surface area contributed by atoms with Gasteiger partial charge in [0.15, 0.2) is 0 Å². The van der Waals surface area contributed by atoms with Gasteiger partial charge in [-0.1, -0.05) is 12.1 Å². The molecule has 0 N–H and O–H groups in total. The van der Waals surface area contributed by atoms with E-state index >= 15 is 0 Å². The highest BCUT2D eigenvalue weighted by Crippen LogP contribution is 2.26. The van der Waals surface area contributed by atoms with Crippen LogP contribution in [0, 0.1) is 0 Å². The minimum absolute atomic E-state index is 0.0334. The SMILES string of the molecule is CC1OB(c2cccc(S(=O)[O-])c2)OC1(C)C. The molecule has 0 aromatic heterocycles. The van der Waals surface area contributed by atoms with Crippen molar-refractivity contribution < 1.29 is 18.1 Å². The van der Waals surface area contributed by atoms with Gasteiger partial charge in [-0.2, -0.15) is 0 Å². The average Bonchev–Trinajstić information content (AvgIpc) is 2.54. The van der Waals surface area contributed by atoms with Gasteiger partial charge in [-0.3, -0.25) is 4.21 Å². The molecule has 6 heteroatoms. The van der Waals surface area contributed by atoms with Crippen molar-refractivity contribution in [1.29, 1.82) is 0 Å². The van der Waals surface area contributed by atoms with Gasteiger partial charge in [0.1, 0.15) is 0 Å². The van der Waals surface area contributed by atoms with E-state index in [1.165, 1.54) is 6.07 Å². The maximum Gasteiger partial charge on any atom is 0.494 e. The van der Waals surface area contributed by atoms with E-state index in [1.54, 1.807) is 18.2 Å². The minimum Gasteiger partial charge on any atom is -0.768 e. The molecule has 0 amide bonds. The highest BCUT2D eigenvalue weighted by atomic mass is 32.2. The molecule has 1 aromatic carbocycles. The quantitative estimate of drug-likeness (QED) is 0.578. The first-order valence-corrected chi connectivity index (χ1v) is 6.50. The molecule has 1 aliphatic heterocycles. The number of hydrogen-bond acceptors (Lipinski definition) is 4. The second-order valence-electron chi connectivity index (χ2n) is 4.64. The molecular weight excluding hydrogens is 239 g/mol. The molecule has 1 saturated heterocycles. The van der Waals surface area contributed by atoms with Crippen molar-refractivity contribution in [2.45, 2.75) is 37.4 Å². The minimum atomic E-state index is -2.23. The van der Waals surface area contributed by atoms with Gasteiger partial charge in [-0.05, 0) is 49.4 Å². The van der Waals surface area contributed by atoms with Gasteiger partial charge in [0.2, 0.25) is 0 Å². The molecule has 4 nitrogen and oxygen atoms in total. The summed E-state index contributed by atoms with van der Waals surface area (Å²) >= 11 is -2.23. The first-order chi connectivity index (χ1) is 7.90. The molecule has 2 unspecified atom stereocenters. The van der Waals surface area contributed by atoms with Gasteiger partial charge in [-0.15, -0.1) is 0 Å². The van der Waals surface area contributed by atoms with E-state index < -0.39 is 18.2 Å². The first-order valence-electron chi connectivity index (χ1n) is 5.42. The van der Waals surface area contributed by atoms with Crippen LogP contribution in [0.2, 0.25) is 0 Å². The van der Waals surface area contributed by atoms with E-state index in [4.69, 9.17) is 9.31 Å². The van der Waals surface area contributed by atoms with Gasteiger partial charge in [-0.25, -0.2) is 0 Å². The van der Waals surface area contributed by atoms with Crippen LogP contribution in [0.1, 0.15) is 20.8 Å². The summed E-state index contributed by atoms with van der Waals surface area (Å²) < 4.78 is 33.2. The Morgan fingerprint density at radius 3 is 2.71 bits per heavy atom. The first kappa shape index (κ1) is 12.8. The highest BCUT2D eigenvalue weighted by Gasteiger charge is 2.43. The summed E-state index contributed by atoms with van der Waals surface area (Å²) in [6.07, 6.45) is -0.0334. The Hall–Kier alpha value is -0.685. The summed E-state index contributed by atoms with van der Waals surface area (Å²) in [5.41, 5.74) is 0.362. The molecule has 1 fully saturated rings. The molecule has 0 radical (unpaired) electrons. The van der Waals surface area contributed by atoms with Crippen LogP contribution in [0.25, 0.3) is 0 Å². The maximum atomic E-state index is 10.9. The standard InChI is InChI=1S/C11H15BO4S/c1-8-11(2,3)16-12(15-8)9-5-4-6-10(7-9)17(13)14/h4-8H,1-3H3,(H,13,14)/p-1. The third-order valence-corrected chi connectivity index (χ3v) is 3.68. The van der Waals surface area contributed by atoms with Crippen molar-refractivity contribution in [2.24, 2.45) is 0 Å². The lowest BCUT2D eigenvalue weighted by Crippen LogP contribution is -2.34. The van der Waals surface area contributed by atoms with Crippen LogP contribution in [-0.4, -0.2) is 27.6 Å². The average molecular weight is 253 g/mol. The van der Waals surface area contributed by atoms with Gasteiger partial charge in [0.05, 0.1) is 11.7 Å². The fraction of sp³-hybridized carbons (Fsp3) is 0.455. The molecule has 1 aromatic rings. The Bertz CT molecular complexity index is 449. The Balaban J connectivity index is 2.25. The normalized spacial score (nSPS) is 24.9. The van der Waals surface area contributed by atoms with E-state index in [0.29, 0.717) is 0 Å². The summed E-state index contributed by atoms with van der Waals surface area (Å²) in [7, 11) is -0.497. The van der Waals surface area contributed by atoms with Crippen LogP contribution in [0.3, 0.4) is 0 Å². The fourth-order valence-corrected chi connectivity index (χ4v) is 2.08. The Kier molecular flexibility index (Phi) is 3.40. The zero-order valence-electron chi connectivity index (χ0n) is 10.0. The van der Waals surface area contributed by atoms with Crippen LogP contribution in [0.4, 0.5) is 0 Å². The monoisotopic (exact) mass is 253 g/mol. The van der Waals surface area contributed by atoms with Crippen LogP contribution in [0.5, 0.6) is 0 Å². The van der Waals surface area contributed by atoms with Gasteiger partial charge < -0.3 is 13.9 Å². The van der Waals surface area contributed by atoms with Gasteiger partial charge >= 0.3 is 7.12 Å². The zero-order chi connectivity index (χ0) is 12.6. The van der Waals surface area contributed by atoms with Crippen LogP contribution in [0.15, 0.2) is 29.2 Å². The molecule has 1 heterocycles. The highest BCUT2D eigenvalue weighted by molar-refractivity contribution is 7.79. The predicted octanol–water partition coefficient (Wildman–Crippen LogP) is 0.834. The molecule has 0 spiro atoms. The maximum absolute atomic E-state index is 10.9. The lowest BCUT2D eigenvalue weighted by atomic mass is 9.79. The predicted molar refractivity (Wildman–Crippen MR) is 64.7 cm³/mol. The molecular formula is C11H14BO4S-. The summed E-state index contributed by atoms with van der Waals surface area (Å²) in [4.78, 5) is 0.243. The Morgan fingerprint density at radius 2 is 2.18 bits per heavy atom. The van der Waals surface area contributed by atoms with E-state index in [2.05, 4.69) is 0 Å². The third kappa shape index (κ3) is 2.60. The van der Waals surface area contributed by atoms with Crippen molar-refractivity contribution in [3.05, 3.63) is 24.3 Å². The second-order valence-corrected chi connectivity index (χ2v) is 5.58.